The number of hydrogen-bond donors (Lipinski definition) is 3. The average molecular weight is 470 g/mol. The van der Waals surface area contributed by atoms with Crippen LogP contribution in [0.4, 0.5) is 22.0 Å². The number of aromatic nitrogens is 3. The molecule has 0 unspecified atom stereocenters. The second-order valence-corrected chi connectivity index (χ2v) is 6.88. The number of carboxylic acids is 1. The molecule has 2 aromatic rings. The first-order valence-corrected chi connectivity index (χ1v) is 9.11. The van der Waals surface area contributed by atoms with E-state index in [1.165, 1.54) is 0 Å². The smallest absolute Gasteiger partial charge is 0.475 e. The Hall–Kier alpha value is -2.80. The maximum atomic E-state index is 13.0. The van der Waals surface area contributed by atoms with Gasteiger partial charge in [-0.3, -0.25) is 4.79 Å². The van der Waals surface area contributed by atoms with Crippen LogP contribution < -0.4 is 11.1 Å². The molecule has 0 spiro atoms. The van der Waals surface area contributed by atoms with Gasteiger partial charge >= 0.3 is 12.1 Å². The second-order valence-electron chi connectivity index (χ2n) is 6.47. The minimum Gasteiger partial charge on any atom is -0.475 e. The second kappa shape index (κ2) is 10.0. The van der Waals surface area contributed by atoms with Crippen molar-refractivity contribution in [3.63, 3.8) is 0 Å². The molecule has 14 heteroatoms. The van der Waals surface area contributed by atoms with Gasteiger partial charge in [0.25, 0.3) is 6.43 Å². The van der Waals surface area contributed by atoms with Crippen molar-refractivity contribution in [2.75, 3.05) is 6.54 Å². The molecule has 1 aliphatic carbocycles. The number of aliphatic carboxylic acids is 1. The van der Waals surface area contributed by atoms with Gasteiger partial charge in [-0.05, 0) is 30.5 Å². The van der Waals surface area contributed by atoms with E-state index in [1.54, 1.807) is 18.2 Å². The first-order valence-electron chi connectivity index (χ1n) is 8.73. The summed E-state index contributed by atoms with van der Waals surface area (Å²) in [7, 11) is 0. The van der Waals surface area contributed by atoms with Crippen LogP contribution in [0.1, 0.15) is 36.7 Å². The molecule has 0 radical (unpaired) electrons. The number of carbonyl (C=O) groups excluding carboxylic acids is 1. The normalized spacial score (nSPS) is 14.6. The van der Waals surface area contributed by atoms with Crippen molar-refractivity contribution < 1.29 is 36.6 Å². The van der Waals surface area contributed by atoms with Gasteiger partial charge in [0.1, 0.15) is 6.33 Å². The molecular weight excluding hydrogens is 453 g/mol. The van der Waals surface area contributed by atoms with Crippen LogP contribution in [0.3, 0.4) is 0 Å². The molecule has 1 amide bonds. The molecule has 1 saturated carbocycles. The van der Waals surface area contributed by atoms with Crippen LogP contribution in [-0.2, 0) is 9.59 Å². The molecule has 0 aliphatic heterocycles. The number of halogens is 6. The van der Waals surface area contributed by atoms with Crippen LogP contribution in [0.5, 0.6) is 0 Å². The lowest BCUT2D eigenvalue weighted by Crippen LogP contribution is -2.32. The highest BCUT2D eigenvalue weighted by Crippen LogP contribution is 2.29. The van der Waals surface area contributed by atoms with Gasteiger partial charge in [0.05, 0.1) is 10.7 Å². The van der Waals surface area contributed by atoms with E-state index in [-0.39, 0.29) is 29.1 Å². The summed E-state index contributed by atoms with van der Waals surface area (Å²) in [6.45, 7) is 0.259. The summed E-state index contributed by atoms with van der Waals surface area (Å²) in [5, 5.41) is 14.0. The zero-order valence-electron chi connectivity index (χ0n) is 15.6. The minimum atomic E-state index is -5.08. The van der Waals surface area contributed by atoms with Crippen molar-refractivity contribution in [3.05, 3.63) is 40.9 Å². The summed E-state index contributed by atoms with van der Waals surface area (Å²) in [4.78, 5) is 24.1. The van der Waals surface area contributed by atoms with E-state index in [9.17, 15) is 26.7 Å². The third-order valence-corrected chi connectivity index (χ3v) is 4.40. The molecule has 0 bridgehead atoms. The molecule has 1 heterocycles. The van der Waals surface area contributed by atoms with Gasteiger partial charge in [-0.1, -0.05) is 17.7 Å². The molecule has 0 saturated heterocycles. The van der Waals surface area contributed by atoms with E-state index in [1.807, 2.05) is 0 Å². The predicted molar refractivity (Wildman–Crippen MR) is 97.7 cm³/mol. The Bertz CT molecular complexity index is 933. The molecule has 1 atom stereocenters. The van der Waals surface area contributed by atoms with Gasteiger partial charge in [0, 0.05) is 18.5 Å². The first kappa shape index (κ1) is 24.5. The highest BCUT2D eigenvalue weighted by molar-refractivity contribution is 6.32. The number of alkyl halides is 5. The number of benzene rings is 1. The highest BCUT2D eigenvalue weighted by Gasteiger charge is 2.38. The molecule has 1 aromatic heterocycles. The van der Waals surface area contributed by atoms with E-state index in [0.29, 0.717) is 5.56 Å². The topological polar surface area (TPSA) is 123 Å². The van der Waals surface area contributed by atoms with Crippen LogP contribution in [0.15, 0.2) is 24.5 Å². The third kappa shape index (κ3) is 6.85. The van der Waals surface area contributed by atoms with Crippen molar-refractivity contribution in [3.8, 4) is 5.69 Å². The molecule has 4 N–H and O–H groups in total. The summed E-state index contributed by atoms with van der Waals surface area (Å²) in [5.41, 5.74) is 7.01. The summed E-state index contributed by atoms with van der Waals surface area (Å²) in [5.74, 6) is -3.16. The van der Waals surface area contributed by atoms with Gasteiger partial charge in [-0.15, -0.1) is 0 Å². The summed E-state index contributed by atoms with van der Waals surface area (Å²) < 4.78 is 58.7. The largest absolute Gasteiger partial charge is 0.490 e. The van der Waals surface area contributed by atoms with Crippen molar-refractivity contribution in [2.24, 2.45) is 11.7 Å². The Balaban J connectivity index is 0.000000423. The van der Waals surface area contributed by atoms with Crippen molar-refractivity contribution in [1.29, 1.82) is 0 Å². The van der Waals surface area contributed by atoms with Gasteiger partial charge < -0.3 is 16.2 Å². The van der Waals surface area contributed by atoms with Crippen molar-refractivity contribution in [2.45, 2.75) is 31.5 Å². The summed E-state index contributed by atoms with van der Waals surface area (Å²) in [6.07, 6.45) is -5.00. The molecule has 1 fully saturated rings. The fraction of sp³-hybridized carbons (Fsp3) is 0.412. The zero-order valence-corrected chi connectivity index (χ0v) is 16.4. The lowest BCUT2D eigenvalue weighted by atomic mass is 10.1. The van der Waals surface area contributed by atoms with Crippen LogP contribution in [0.25, 0.3) is 5.69 Å². The number of nitrogens with one attached hydrogen (secondary N) is 1. The molecule has 170 valence electrons. The monoisotopic (exact) mass is 469 g/mol. The average Bonchev–Trinajstić information content (AvgIpc) is 3.42. The minimum absolute atomic E-state index is 0.00380. The number of amides is 1. The number of carboxylic acid groups (broad SMARTS) is 1. The van der Waals surface area contributed by atoms with Crippen molar-refractivity contribution >= 4 is 23.5 Å². The fourth-order valence-corrected chi connectivity index (χ4v) is 2.52. The standard InChI is InChI=1S/C15H16ClF2N5O.C2HF3O2/c16-10-4-3-9(11(19)6-20-15(24)8-1-2-8)5-12(10)23-14(13(17)18)21-7-22-23;3-2(4,5)1(6)7/h3-5,7-8,11,13H,1-2,6,19H2,(H,20,24);(H,6,7)/t11-;/m1./s1. The molecule has 31 heavy (non-hydrogen) atoms. The number of nitrogens with zero attached hydrogens (tertiary/aromatic N) is 3. The van der Waals surface area contributed by atoms with E-state index in [4.69, 9.17) is 27.2 Å². The van der Waals surface area contributed by atoms with E-state index >= 15 is 0 Å². The maximum Gasteiger partial charge on any atom is 0.490 e. The lowest BCUT2D eigenvalue weighted by Gasteiger charge is -2.15. The van der Waals surface area contributed by atoms with E-state index in [2.05, 4.69) is 15.4 Å². The van der Waals surface area contributed by atoms with E-state index < -0.39 is 30.4 Å². The van der Waals surface area contributed by atoms with Crippen LogP contribution in [0, 0.1) is 5.92 Å². The Labute approximate surface area is 177 Å². The van der Waals surface area contributed by atoms with Crippen LogP contribution >= 0.6 is 11.6 Å². The zero-order chi connectivity index (χ0) is 23.3. The van der Waals surface area contributed by atoms with Gasteiger partial charge in [0.2, 0.25) is 5.91 Å². The van der Waals surface area contributed by atoms with Gasteiger partial charge in [0.15, 0.2) is 5.82 Å². The van der Waals surface area contributed by atoms with Gasteiger partial charge in [-0.25, -0.2) is 23.2 Å². The fourth-order valence-electron chi connectivity index (χ4n) is 2.33. The van der Waals surface area contributed by atoms with Crippen LogP contribution in [-0.4, -0.2) is 44.5 Å². The Morgan fingerprint density at radius 2 is 1.94 bits per heavy atom. The Morgan fingerprint density at radius 3 is 2.45 bits per heavy atom. The number of hydrogen-bond acceptors (Lipinski definition) is 5. The quantitative estimate of drug-likeness (QED) is 0.559. The Morgan fingerprint density at radius 1 is 1.32 bits per heavy atom. The summed E-state index contributed by atoms with van der Waals surface area (Å²) >= 11 is 6.10. The molecule has 3 rings (SSSR count). The highest BCUT2D eigenvalue weighted by atomic mass is 35.5. The summed E-state index contributed by atoms with van der Waals surface area (Å²) in [6, 6.07) is 4.35. The molecular formula is C17H17ClF5N5O3. The molecule has 1 aliphatic rings. The lowest BCUT2D eigenvalue weighted by molar-refractivity contribution is -0.192. The number of rotatable bonds is 6. The predicted octanol–water partition coefficient (Wildman–Crippen LogP) is 3.02. The maximum absolute atomic E-state index is 13.0. The van der Waals surface area contributed by atoms with Crippen molar-refractivity contribution in [1.82, 2.24) is 20.1 Å². The molecule has 8 nitrogen and oxygen atoms in total. The van der Waals surface area contributed by atoms with Crippen LogP contribution in [0.2, 0.25) is 5.02 Å². The van der Waals surface area contributed by atoms with Gasteiger partial charge in [-0.2, -0.15) is 18.3 Å². The number of carbonyl (C=O) groups is 2. The Kier molecular flexibility index (Phi) is 7.90. The number of nitrogens with two attached hydrogens (primary N) is 1. The van der Waals surface area contributed by atoms with E-state index in [0.717, 1.165) is 23.9 Å². The SMILES string of the molecule is N[C@H](CNC(=O)C1CC1)c1ccc(Cl)c(-n2ncnc2C(F)F)c1.O=C(O)C(F)(F)F. The third-order valence-electron chi connectivity index (χ3n) is 4.08. The first-order chi connectivity index (χ1) is 14.4. The molecule has 1 aromatic carbocycles.